The first kappa shape index (κ1) is 22.3. The van der Waals surface area contributed by atoms with Crippen LogP contribution >= 0.6 is 0 Å². The molecule has 1 saturated carbocycles. The Hall–Kier alpha value is -2.95. The van der Waals surface area contributed by atoms with Crippen LogP contribution < -0.4 is 0 Å². The molecular formula is C27H23F5. The van der Waals surface area contributed by atoms with Crippen molar-refractivity contribution in [3.63, 3.8) is 0 Å². The van der Waals surface area contributed by atoms with E-state index in [2.05, 4.69) is 6.58 Å². The third-order valence-corrected chi connectivity index (χ3v) is 6.44. The summed E-state index contributed by atoms with van der Waals surface area (Å²) in [6.07, 6.45) is 6.02. The highest BCUT2D eigenvalue weighted by Crippen LogP contribution is 2.38. The minimum Gasteiger partial charge on any atom is -0.246 e. The topological polar surface area (TPSA) is 0 Å². The lowest BCUT2D eigenvalue weighted by molar-refractivity contribution is 0.375. The van der Waals surface area contributed by atoms with Gasteiger partial charge in [0.1, 0.15) is 29.9 Å². The Labute approximate surface area is 184 Å². The molecule has 0 radical (unpaired) electrons. The second-order valence-corrected chi connectivity index (χ2v) is 8.33. The van der Waals surface area contributed by atoms with Crippen LogP contribution in [0, 0.1) is 29.2 Å². The lowest BCUT2D eigenvalue weighted by atomic mass is 9.78. The second-order valence-electron chi connectivity index (χ2n) is 8.33. The Morgan fingerprint density at radius 1 is 0.719 bits per heavy atom. The maximum absolute atomic E-state index is 14.9. The molecule has 4 rings (SSSR count). The molecular weight excluding hydrogens is 419 g/mol. The zero-order chi connectivity index (χ0) is 22.8. The summed E-state index contributed by atoms with van der Waals surface area (Å²) in [4.78, 5) is 0. The van der Waals surface area contributed by atoms with Crippen LogP contribution in [-0.4, -0.2) is 0 Å². The Morgan fingerprint density at radius 3 is 1.84 bits per heavy atom. The number of alkyl halides is 1. The summed E-state index contributed by atoms with van der Waals surface area (Å²) in [5.74, 6) is -2.52. The van der Waals surface area contributed by atoms with Crippen LogP contribution in [0.15, 0.2) is 61.2 Å². The summed E-state index contributed by atoms with van der Waals surface area (Å²) < 4.78 is 70.2. The molecule has 32 heavy (non-hydrogen) atoms. The van der Waals surface area contributed by atoms with E-state index in [4.69, 9.17) is 0 Å². The fourth-order valence-electron chi connectivity index (χ4n) is 4.51. The van der Waals surface area contributed by atoms with Crippen molar-refractivity contribution in [3.05, 3.63) is 95.6 Å². The third-order valence-electron chi connectivity index (χ3n) is 6.44. The number of halogens is 5. The number of rotatable bonds is 5. The number of allylic oxidation sites excluding steroid dienone is 1. The van der Waals surface area contributed by atoms with E-state index in [0.717, 1.165) is 49.4 Å². The van der Waals surface area contributed by atoms with Crippen molar-refractivity contribution in [2.24, 2.45) is 5.92 Å². The van der Waals surface area contributed by atoms with Crippen LogP contribution in [0.4, 0.5) is 22.0 Å². The molecule has 1 fully saturated rings. The van der Waals surface area contributed by atoms with E-state index in [0.29, 0.717) is 17.4 Å². The molecule has 0 saturated heterocycles. The molecule has 1 aliphatic rings. The van der Waals surface area contributed by atoms with Gasteiger partial charge in [0.2, 0.25) is 0 Å². The first-order chi connectivity index (χ1) is 15.4. The van der Waals surface area contributed by atoms with Gasteiger partial charge in [0.15, 0.2) is 0 Å². The Bertz CT molecular complexity index is 1120. The molecule has 0 nitrogen and oxygen atoms in total. The van der Waals surface area contributed by atoms with Gasteiger partial charge in [0, 0.05) is 11.1 Å². The summed E-state index contributed by atoms with van der Waals surface area (Å²) in [7, 11) is 0. The average Bonchev–Trinajstić information content (AvgIpc) is 2.78. The second kappa shape index (κ2) is 9.27. The molecule has 166 valence electrons. The van der Waals surface area contributed by atoms with Crippen LogP contribution in [0.2, 0.25) is 0 Å². The predicted octanol–water partition coefficient (Wildman–Crippen LogP) is 8.51. The highest BCUT2D eigenvalue weighted by atomic mass is 19.2. The highest BCUT2D eigenvalue weighted by molar-refractivity contribution is 5.72. The van der Waals surface area contributed by atoms with Crippen molar-refractivity contribution in [2.75, 3.05) is 0 Å². The largest absolute Gasteiger partial charge is 0.246 e. The van der Waals surface area contributed by atoms with E-state index in [1.807, 2.05) is 12.1 Å². The smallest absolute Gasteiger partial charge is 0.132 e. The van der Waals surface area contributed by atoms with Gasteiger partial charge in [-0.25, -0.2) is 22.0 Å². The van der Waals surface area contributed by atoms with E-state index < -0.39 is 35.5 Å². The molecule has 1 aliphatic carbocycles. The lowest BCUT2D eigenvalue weighted by Crippen LogP contribution is -2.11. The maximum atomic E-state index is 14.9. The van der Waals surface area contributed by atoms with Gasteiger partial charge in [-0.2, -0.15) is 0 Å². The molecule has 0 bridgehead atoms. The van der Waals surface area contributed by atoms with Crippen molar-refractivity contribution in [1.82, 2.24) is 0 Å². The number of hydrogen-bond donors (Lipinski definition) is 0. The van der Waals surface area contributed by atoms with Crippen molar-refractivity contribution in [3.8, 4) is 22.3 Å². The summed E-state index contributed by atoms with van der Waals surface area (Å²) in [5, 5.41) is 0. The van der Waals surface area contributed by atoms with Gasteiger partial charge in [-0.1, -0.05) is 30.3 Å². The monoisotopic (exact) mass is 442 g/mol. The van der Waals surface area contributed by atoms with Crippen LogP contribution in [-0.2, 0) is 6.67 Å². The molecule has 0 heterocycles. The Balaban J connectivity index is 1.60. The molecule has 0 aliphatic heterocycles. The van der Waals surface area contributed by atoms with Crippen LogP contribution in [0.1, 0.15) is 42.7 Å². The minimum absolute atomic E-state index is 0.0482. The molecule has 0 spiro atoms. The first-order valence-electron chi connectivity index (χ1n) is 10.7. The molecule has 5 heteroatoms. The first-order valence-corrected chi connectivity index (χ1v) is 10.7. The quantitative estimate of drug-likeness (QED) is 0.274. The number of benzene rings is 3. The van der Waals surface area contributed by atoms with Crippen LogP contribution in [0.5, 0.6) is 0 Å². The van der Waals surface area contributed by atoms with Crippen molar-refractivity contribution >= 4 is 0 Å². The summed E-state index contributed by atoms with van der Waals surface area (Å²) in [6.45, 7) is 2.56. The molecule has 0 atom stereocenters. The maximum Gasteiger partial charge on any atom is 0.132 e. The highest BCUT2D eigenvalue weighted by Gasteiger charge is 2.22. The van der Waals surface area contributed by atoms with E-state index in [1.54, 1.807) is 6.07 Å². The summed E-state index contributed by atoms with van der Waals surface area (Å²) >= 11 is 0. The average molecular weight is 442 g/mol. The normalized spacial score (nSPS) is 18.5. The van der Waals surface area contributed by atoms with Gasteiger partial charge >= 0.3 is 0 Å². The van der Waals surface area contributed by atoms with E-state index in [1.165, 1.54) is 18.2 Å². The minimum atomic E-state index is -1.29. The zero-order valence-corrected chi connectivity index (χ0v) is 17.5. The van der Waals surface area contributed by atoms with Gasteiger partial charge in [0.05, 0.1) is 5.56 Å². The Kier molecular flexibility index (Phi) is 6.45. The van der Waals surface area contributed by atoms with Gasteiger partial charge < -0.3 is 0 Å². The van der Waals surface area contributed by atoms with E-state index in [-0.39, 0.29) is 16.7 Å². The van der Waals surface area contributed by atoms with E-state index in [9.17, 15) is 22.0 Å². The fourth-order valence-corrected chi connectivity index (χ4v) is 4.51. The van der Waals surface area contributed by atoms with Gasteiger partial charge in [-0.15, -0.1) is 6.58 Å². The number of hydrogen-bond acceptors (Lipinski definition) is 0. The van der Waals surface area contributed by atoms with Gasteiger partial charge in [-0.05, 0) is 78.5 Å². The van der Waals surface area contributed by atoms with Gasteiger partial charge in [0.25, 0.3) is 0 Å². The Morgan fingerprint density at radius 2 is 1.28 bits per heavy atom. The molecule has 3 aromatic rings. The summed E-state index contributed by atoms with van der Waals surface area (Å²) in [5.41, 5.74) is 0.729. The predicted molar refractivity (Wildman–Crippen MR) is 117 cm³/mol. The molecule has 0 unspecified atom stereocenters. The molecule has 0 N–H and O–H groups in total. The SMILES string of the molecule is C=CC1CCC(c2ccc(-c3ccc(-c4cc(F)c(CF)c(F)c4)c(F)c3)c(F)c2)CC1. The van der Waals surface area contributed by atoms with Crippen LogP contribution in [0.3, 0.4) is 0 Å². The molecule has 0 amide bonds. The standard InChI is InChI=1S/C27H23F5/c1-2-16-3-5-17(6-4-16)18-7-9-21(24(29)11-18)19-8-10-22(25(30)12-19)20-13-26(31)23(15-28)27(32)14-20/h2,7-14,16-17H,1,3-6,15H2. The summed E-state index contributed by atoms with van der Waals surface area (Å²) in [6, 6.07) is 10.8. The van der Waals surface area contributed by atoms with Crippen LogP contribution in [0.25, 0.3) is 22.3 Å². The lowest BCUT2D eigenvalue weighted by Gasteiger charge is -2.27. The fraction of sp³-hybridized carbons (Fsp3) is 0.259. The molecule has 0 aromatic heterocycles. The zero-order valence-electron chi connectivity index (χ0n) is 17.5. The van der Waals surface area contributed by atoms with Crippen molar-refractivity contribution < 1.29 is 22.0 Å². The van der Waals surface area contributed by atoms with Crippen molar-refractivity contribution in [1.29, 1.82) is 0 Å². The third kappa shape index (κ3) is 4.34. The van der Waals surface area contributed by atoms with E-state index >= 15 is 0 Å². The van der Waals surface area contributed by atoms with Crippen molar-refractivity contribution in [2.45, 2.75) is 38.3 Å². The molecule has 3 aromatic carbocycles. The van der Waals surface area contributed by atoms with Gasteiger partial charge in [-0.3, -0.25) is 0 Å².